The van der Waals surface area contributed by atoms with Gasteiger partial charge >= 0.3 is 0 Å². The first kappa shape index (κ1) is 24.5. The molecule has 0 fully saturated rings. The van der Waals surface area contributed by atoms with Crippen molar-refractivity contribution in [3.8, 4) is 11.1 Å². The summed E-state index contributed by atoms with van der Waals surface area (Å²) in [6.45, 7) is 0. The number of hydrogen-bond acceptors (Lipinski definition) is 6. The number of primary amides is 1. The van der Waals surface area contributed by atoms with Crippen LogP contribution in [0.15, 0.2) is 77.7 Å². The van der Waals surface area contributed by atoms with Crippen LogP contribution in [0.3, 0.4) is 0 Å². The molecule has 3 aromatic carbocycles. The van der Waals surface area contributed by atoms with E-state index in [0.29, 0.717) is 28.1 Å². The van der Waals surface area contributed by atoms with Crippen molar-refractivity contribution in [2.75, 3.05) is 16.9 Å². The van der Waals surface area contributed by atoms with Crippen molar-refractivity contribution >= 4 is 38.9 Å². The van der Waals surface area contributed by atoms with Crippen LogP contribution < -0.4 is 22.1 Å². The molecule has 0 aromatic heterocycles. The van der Waals surface area contributed by atoms with E-state index in [9.17, 15) is 18.0 Å². The molecule has 0 spiro atoms. The molecule has 3 rings (SSSR count). The highest BCUT2D eigenvalue weighted by molar-refractivity contribution is 7.90. The summed E-state index contributed by atoms with van der Waals surface area (Å²) in [4.78, 5) is 24.6. The lowest BCUT2D eigenvalue weighted by atomic mass is 10.1. The molecule has 0 aliphatic heterocycles. The minimum absolute atomic E-state index is 0.128. The minimum atomic E-state index is -3.41. The smallest absolute Gasteiger partial charge is 0.247 e. The molecule has 0 heterocycles. The van der Waals surface area contributed by atoms with Crippen LogP contribution in [0.4, 0.5) is 11.4 Å². The number of nitrogens with two attached hydrogens (primary N) is 2. The molecule has 176 valence electrons. The lowest BCUT2D eigenvalue weighted by Crippen LogP contribution is -2.38. The number of anilines is 2. The summed E-state index contributed by atoms with van der Waals surface area (Å²) in [6.07, 6.45) is 0.897. The molecule has 3 aromatic rings. The van der Waals surface area contributed by atoms with Gasteiger partial charge in [-0.1, -0.05) is 42.5 Å². The van der Waals surface area contributed by atoms with E-state index in [4.69, 9.17) is 16.9 Å². The highest BCUT2D eigenvalue weighted by Gasteiger charge is 2.21. The van der Waals surface area contributed by atoms with E-state index in [1.165, 1.54) is 0 Å². The summed E-state index contributed by atoms with van der Waals surface area (Å²) in [5.41, 5.74) is 13.5. The number of amides is 2. The number of hydrogen-bond donors (Lipinski definition) is 5. The average Bonchev–Trinajstić information content (AvgIpc) is 2.78. The molecule has 0 saturated heterocycles. The summed E-state index contributed by atoms with van der Waals surface area (Å²) < 4.78 is 24.2. The van der Waals surface area contributed by atoms with Gasteiger partial charge in [-0.3, -0.25) is 15.0 Å². The topological polar surface area (TPSA) is 168 Å². The molecular weight excluding hydrogens is 454 g/mol. The van der Waals surface area contributed by atoms with E-state index in [2.05, 4.69) is 10.6 Å². The molecule has 2 amide bonds. The molecule has 0 bridgehead atoms. The standard InChI is InChI=1S/C24H25N5O4S/c1-34(32,33)21-8-3-2-7-19(21)15-9-11-17(12-10-15)29-24(31)20(14-22(25)30)28-18-6-4-5-16(13-18)23(26)27/h2-13,20,28H,14H2,1H3,(H2,25,30)(H3,26,27)(H,29,31)/t20-/m0/s1. The Hall–Kier alpha value is -4.18. The van der Waals surface area contributed by atoms with Crippen LogP contribution in [0.5, 0.6) is 0 Å². The van der Waals surface area contributed by atoms with E-state index >= 15 is 0 Å². The van der Waals surface area contributed by atoms with Gasteiger partial charge in [0.2, 0.25) is 11.8 Å². The van der Waals surface area contributed by atoms with Crippen LogP contribution in [-0.4, -0.2) is 38.4 Å². The quantitative estimate of drug-likeness (QED) is 0.233. The predicted octanol–water partition coefficient (Wildman–Crippen LogP) is 2.34. The Morgan fingerprint density at radius 3 is 2.24 bits per heavy atom. The Morgan fingerprint density at radius 2 is 1.62 bits per heavy atom. The molecule has 0 saturated carbocycles. The summed E-state index contributed by atoms with van der Waals surface area (Å²) in [6, 6.07) is 19.0. The lowest BCUT2D eigenvalue weighted by molar-refractivity contribution is -0.122. The highest BCUT2D eigenvalue weighted by Crippen LogP contribution is 2.28. The highest BCUT2D eigenvalue weighted by atomic mass is 32.2. The van der Waals surface area contributed by atoms with Gasteiger partial charge in [-0.15, -0.1) is 0 Å². The van der Waals surface area contributed by atoms with Crippen molar-refractivity contribution in [3.05, 3.63) is 78.4 Å². The van der Waals surface area contributed by atoms with Gasteiger partial charge in [-0.2, -0.15) is 0 Å². The second-order valence-corrected chi connectivity index (χ2v) is 9.68. The SMILES string of the molecule is CS(=O)(=O)c1ccccc1-c1ccc(NC(=O)[C@H](CC(N)=O)Nc2cccc(C(=N)N)c2)cc1. The van der Waals surface area contributed by atoms with Gasteiger partial charge in [0, 0.05) is 28.8 Å². The van der Waals surface area contributed by atoms with Crippen molar-refractivity contribution in [1.82, 2.24) is 0 Å². The van der Waals surface area contributed by atoms with Gasteiger partial charge in [0.05, 0.1) is 11.3 Å². The van der Waals surface area contributed by atoms with Gasteiger partial charge in [0.15, 0.2) is 9.84 Å². The zero-order valence-corrected chi connectivity index (χ0v) is 19.2. The average molecular weight is 480 g/mol. The van der Waals surface area contributed by atoms with E-state index in [1.807, 2.05) is 0 Å². The molecule has 0 aliphatic carbocycles. The molecule has 0 aliphatic rings. The summed E-state index contributed by atoms with van der Waals surface area (Å²) in [5, 5.41) is 13.2. The molecular formula is C24H25N5O4S. The van der Waals surface area contributed by atoms with Crippen LogP contribution in [-0.2, 0) is 19.4 Å². The Bertz CT molecular complexity index is 1340. The maximum absolute atomic E-state index is 12.9. The minimum Gasteiger partial charge on any atom is -0.384 e. The van der Waals surface area contributed by atoms with Gasteiger partial charge in [0.25, 0.3) is 0 Å². The zero-order valence-electron chi connectivity index (χ0n) is 18.4. The third-order valence-electron chi connectivity index (χ3n) is 4.99. The fourth-order valence-corrected chi connectivity index (χ4v) is 4.29. The summed E-state index contributed by atoms with van der Waals surface area (Å²) >= 11 is 0. The van der Waals surface area contributed by atoms with Gasteiger partial charge in [0.1, 0.15) is 11.9 Å². The summed E-state index contributed by atoms with van der Waals surface area (Å²) in [5.74, 6) is -1.28. The number of rotatable bonds is 9. The molecule has 1 atom stereocenters. The largest absolute Gasteiger partial charge is 0.384 e. The summed E-state index contributed by atoms with van der Waals surface area (Å²) in [7, 11) is -3.41. The molecule has 9 nitrogen and oxygen atoms in total. The van der Waals surface area contributed by atoms with Gasteiger partial charge in [-0.25, -0.2) is 8.42 Å². The van der Waals surface area contributed by atoms with Crippen LogP contribution in [0, 0.1) is 5.41 Å². The number of amidine groups is 1. The van der Waals surface area contributed by atoms with Gasteiger partial charge < -0.3 is 22.1 Å². The maximum atomic E-state index is 12.9. The molecule has 7 N–H and O–H groups in total. The predicted molar refractivity (Wildman–Crippen MR) is 132 cm³/mol. The first-order valence-electron chi connectivity index (χ1n) is 10.2. The van der Waals surface area contributed by atoms with Crippen LogP contribution in [0.25, 0.3) is 11.1 Å². The van der Waals surface area contributed by atoms with E-state index in [0.717, 1.165) is 6.26 Å². The lowest BCUT2D eigenvalue weighted by Gasteiger charge is -2.19. The zero-order chi connectivity index (χ0) is 24.9. The van der Waals surface area contributed by atoms with Crippen molar-refractivity contribution in [2.24, 2.45) is 11.5 Å². The monoisotopic (exact) mass is 479 g/mol. The Kier molecular flexibility index (Phi) is 7.32. The van der Waals surface area contributed by atoms with Crippen molar-refractivity contribution < 1.29 is 18.0 Å². The third-order valence-corrected chi connectivity index (χ3v) is 6.14. The van der Waals surface area contributed by atoms with E-state index in [-0.39, 0.29) is 17.2 Å². The maximum Gasteiger partial charge on any atom is 0.247 e. The van der Waals surface area contributed by atoms with E-state index < -0.39 is 27.7 Å². The molecule has 34 heavy (non-hydrogen) atoms. The number of benzene rings is 3. The number of carbonyl (C=O) groups is 2. The van der Waals surface area contributed by atoms with Crippen LogP contribution in [0.2, 0.25) is 0 Å². The number of nitrogens with one attached hydrogen (secondary N) is 3. The molecule has 10 heteroatoms. The molecule has 0 unspecified atom stereocenters. The van der Waals surface area contributed by atoms with Crippen molar-refractivity contribution in [2.45, 2.75) is 17.4 Å². The number of carbonyl (C=O) groups excluding carboxylic acids is 2. The van der Waals surface area contributed by atoms with Gasteiger partial charge in [-0.05, 0) is 35.9 Å². The first-order chi connectivity index (χ1) is 16.0. The molecule has 0 radical (unpaired) electrons. The van der Waals surface area contributed by atoms with E-state index in [1.54, 1.807) is 72.8 Å². The Labute approximate surface area is 197 Å². The number of sulfone groups is 1. The normalized spacial score (nSPS) is 11.9. The first-order valence-corrected chi connectivity index (χ1v) is 12.1. The Balaban J connectivity index is 1.79. The van der Waals surface area contributed by atoms with Crippen molar-refractivity contribution in [3.63, 3.8) is 0 Å². The van der Waals surface area contributed by atoms with Crippen molar-refractivity contribution in [1.29, 1.82) is 5.41 Å². The fraction of sp³-hybridized carbons (Fsp3) is 0.125. The van der Waals surface area contributed by atoms with Crippen LogP contribution >= 0.6 is 0 Å². The second kappa shape index (κ2) is 10.2. The van der Waals surface area contributed by atoms with Crippen LogP contribution in [0.1, 0.15) is 12.0 Å². The fourth-order valence-electron chi connectivity index (χ4n) is 3.38. The number of nitrogen functional groups attached to an aromatic ring is 1. The second-order valence-electron chi connectivity index (χ2n) is 7.70. The third kappa shape index (κ3) is 6.20. The Morgan fingerprint density at radius 1 is 0.941 bits per heavy atom.